The molecule has 0 unspecified atom stereocenters. The Morgan fingerprint density at radius 2 is 1.46 bits per heavy atom. The van der Waals surface area contributed by atoms with Crippen molar-refractivity contribution in [3.05, 3.63) is 70.8 Å². The number of fused-ring (bicyclic) bond motifs is 6. The average Bonchev–Trinajstić information content (AvgIpc) is 2.69. The van der Waals surface area contributed by atoms with Gasteiger partial charge in [-0.25, -0.2) is 9.59 Å². The smallest absolute Gasteiger partial charge is 0.338 e. The number of hydrogen-bond donors (Lipinski definition) is 0. The van der Waals surface area contributed by atoms with Gasteiger partial charge in [-0.3, -0.25) is 4.79 Å². The monoisotopic (exact) mass is 378 g/mol. The number of esters is 3. The first-order valence-electron chi connectivity index (χ1n) is 8.77. The first-order valence-corrected chi connectivity index (χ1v) is 8.77. The van der Waals surface area contributed by atoms with E-state index in [2.05, 4.69) is 0 Å². The largest absolute Gasteiger partial charge is 0.466 e. The van der Waals surface area contributed by atoms with Gasteiger partial charge in [-0.05, 0) is 16.7 Å². The van der Waals surface area contributed by atoms with Gasteiger partial charge in [0.15, 0.2) is 5.60 Å². The lowest BCUT2D eigenvalue weighted by molar-refractivity contribution is -0.165. The molecule has 6 nitrogen and oxygen atoms in total. The molecule has 28 heavy (non-hydrogen) atoms. The zero-order valence-electron chi connectivity index (χ0n) is 15.6. The van der Waals surface area contributed by atoms with Gasteiger partial charge in [-0.15, -0.1) is 0 Å². The van der Waals surface area contributed by atoms with Gasteiger partial charge in [0.25, 0.3) is 0 Å². The Labute approximate surface area is 161 Å². The van der Waals surface area contributed by atoms with E-state index in [0.29, 0.717) is 5.56 Å². The third kappa shape index (κ3) is 2.17. The highest BCUT2D eigenvalue weighted by atomic mass is 16.6. The van der Waals surface area contributed by atoms with Crippen LogP contribution in [0.1, 0.15) is 24.0 Å². The molecule has 0 radical (unpaired) electrons. The van der Waals surface area contributed by atoms with Crippen LogP contribution in [0, 0.1) is 0 Å². The van der Waals surface area contributed by atoms with E-state index in [1.807, 2.05) is 36.4 Å². The van der Waals surface area contributed by atoms with Crippen molar-refractivity contribution in [3.63, 3.8) is 0 Å². The SMILES string of the molecule is COC(=O)C1=C(C(=O)OC)[C@@]2(OC(C)=O)c3ccccc3-c3ccccc3[C@@H]12. The van der Waals surface area contributed by atoms with Crippen molar-refractivity contribution < 1.29 is 28.6 Å². The van der Waals surface area contributed by atoms with E-state index < -0.39 is 29.4 Å². The molecule has 0 N–H and O–H groups in total. The van der Waals surface area contributed by atoms with E-state index in [4.69, 9.17) is 14.2 Å². The van der Waals surface area contributed by atoms with E-state index in [1.54, 1.807) is 12.1 Å². The summed E-state index contributed by atoms with van der Waals surface area (Å²) in [5, 5.41) is 0. The number of hydrogen-bond acceptors (Lipinski definition) is 6. The van der Waals surface area contributed by atoms with Crippen LogP contribution < -0.4 is 0 Å². The van der Waals surface area contributed by atoms with Crippen molar-refractivity contribution in [1.82, 2.24) is 0 Å². The Morgan fingerprint density at radius 3 is 2.11 bits per heavy atom. The first kappa shape index (κ1) is 18.0. The zero-order valence-corrected chi connectivity index (χ0v) is 15.6. The fraction of sp³-hybridized carbons (Fsp3) is 0.227. The van der Waals surface area contributed by atoms with Crippen LogP contribution in [0.25, 0.3) is 11.1 Å². The molecule has 0 amide bonds. The Balaban J connectivity index is 2.13. The lowest BCUT2D eigenvalue weighted by atomic mass is 9.54. The molecular formula is C22H18O6. The molecule has 0 saturated carbocycles. The first-order chi connectivity index (χ1) is 13.5. The summed E-state index contributed by atoms with van der Waals surface area (Å²) >= 11 is 0. The molecule has 0 aromatic heterocycles. The number of ether oxygens (including phenoxy) is 3. The molecule has 4 rings (SSSR count). The van der Waals surface area contributed by atoms with Crippen LogP contribution in [0.15, 0.2) is 59.7 Å². The number of rotatable bonds is 3. The molecule has 2 aliphatic carbocycles. The summed E-state index contributed by atoms with van der Waals surface area (Å²) in [6.45, 7) is 1.28. The van der Waals surface area contributed by atoms with Gasteiger partial charge in [0.1, 0.15) is 0 Å². The van der Waals surface area contributed by atoms with Crippen LogP contribution in [0.3, 0.4) is 0 Å². The molecule has 2 aromatic carbocycles. The van der Waals surface area contributed by atoms with E-state index in [9.17, 15) is 14.4 Å². The number of methoxy groups -OCH3 is 2. The average molecular weight is 378 g/mol. The van der Waals surface area contributed by atoms with Crippen LogP contribution in [0.4, 0.5) is 0 Å². The lowest BCUT2D eigenvalue weighted by Crippen LogP contribution is -2.55. The van der Waals surface area contributed by atoms with E-state index in [-0.39, 0.29) is 11.1 Å². The molecule has 6 heteroatoms. The van der Waals surface area contributed by atoms with Crippen LogP contribution in [-0.4, -0.2) is 32.1 Å². The fourth-order valence-electron chi connectivity index (χ4n) is 4.40. The van der Waals surface area contributed by atoms with Gasteiger partial charge in [-0.1, -0.05) is 48.5 Å². The predicted octanol–water partition coefficient (Wildman–Crippen LogP) is 2.87. The van der Waals surface area contributed by atoms with Gasteiger partial charge in [0, 0.05) is 12.5 Å². The summed E-state index contributed by atoms with van der Waals surface area (Å²) in [6.07, 6.45) is 0. The predicted molar refractivity (Wildman–Crippen MR) is 99.1 cm³/mol. The van der Waals surface area contributed by atoms with Crippen LogP contribution in [0.5, 0.6) is 0 Å². The molecule has 0 heterocycles. The Kier molecular flexibility index (Phi) is 4.07. The van der Waals surface area contributed by atoms with E-state index in [1.165, 1.54) is 21.1 Å². The quantitative estimate of drug-likeness (QED) is 0.604. The molecule has 2 aliphatic rings. The summed E-state index contributed by atoms with van der Waals surface area (Å²) in [5.74, 6) is -2.61. The van der Waals surface area contributed by atoms with Crippen LogP contribution in [-0.2, 0) is 34.2 Å². The standard InChI is InChI=1S/C22H18O6/c1-12(23)28-22-16-11-7-6-9-14(16)13-8-4-5-10-15(13)18(22)17(20(24)26-2)19(22)21(25)27-3/h4-11,18H,1-3H3/t18-,22+/m0/s1. The molecule has 2 aromatic rings. The summed E-state index contributed by atoms with van der Waals surface area (Å²) in [4.78, 5) is 37.4. The highest BCUT2D eigenvalue weighted by Crippen LogP contribution is 2.65. The maximum Gasteiger partial charge on any atom is 0.338 e. The normalized spacial score (nSPS) is 21.5. The van der Waals surface area contributed by atoms with Crippen LogP contribution in [0.2, 0.25) is 0 Å². The van der Waals surface area contributed by atoms with Crippen molar-refractivity contribution in [2.45, 2.75) is 18.4 Å². The van der Waals surface area contributed by atoms with Crippen molar-refractivity contribution in [1.29, 1.82) is 0 Å². The lowest BCUT2D eigenvalue weighted by Gasteiger charge is -2.52. The van der Waals surface area contributed by atoms with Crippen molar-refractivity contribution >= 4 is 17.9 Å². The van der Waals surface area contributed by atoms with E-state index >= 15 is 0 Å². The molecule has 0 spiro atoms. The van der Waals surface area contributed by atoms with Crippen molar-refractivity contribution in [2.24, 2.45) is 0 Å². The highest BCUT2D eigenvalue weighted by Gasteiger charge is 2.66. The molecule has 2 atom stereocenters. The zero-order chi connectivity index (χ0) is 20.1. The molecule has 0 aliphatic heterocycles. The maximum atomic E-state index is 12.7. The number of benzene rings is 2. The van der Waals surface area contributed by atoms with Gasteiger partial charge < -0.3 is 14.2 Å². The summed E-state index contributed by atoms with van der Waals surface area (Å²) < 4.78 is 15.7. The van der Waals surface area contributed by atoms with Gasteiger partial charge in [-0.2, -0.15) is 0 Å². The van der Waals surface area contributed by atoms with E-state index in [0.717, 1.165) is 16.7 Å². The number of carbonyl (C=O) groups excluding carboxylic acids is 3. The second kappa shape index (κ2) is 6.34. The van der Waals surface area contributed by atoms with Gasteiger partial charge in [0.2, 0.25) is 0 Å². The topological polar surface area (TPSA) is 78.9 Å². The minimum absolute atomic E-state index is 0.00371. The van der Waals surface area contributed by atoms with Gasteiger partial charge in [0.05, 0.1) is 31.3 Å². The minimum Gasteiger partial charge on any atom is -0.466 e. The molecule has 0 saturated heterocycles. The summed E-state index contributed by atoms with van der Waals surface area (Å²) in [5.41, 5.74) is 1.89. The maximum absolute atomic E-state index is 12.7. The summed E-state index contributed by atoms with van der Waals surface area (Å²) in [7, 11) is 2.47. The molecule has 0 fully saturated rings. The third-order valence-corrected chi connectivity index (χ3v) is 5.32. The third-order valence-electron chi connectivity index (χ3n) is 5.32. The second-order valence-corrected chi connectivity index (χ2v) is 6.67. The Hall–Kier alpha value is -3.41. The van der Waals surface area contributed by atoms with Gasteiger partial charge >= 0.3 is 17.9 Å². The minimum atomic E-state index is -1.44. The van der Waals surface area contributed by atoms with Crippen molar-refractivity contribution in [2.75, 3.05) is 14.2 Å². The Morgan fingerprint density at radius 1 is 0.857 bits per heavy atom. The molecular weight excluding hydrogens is 360 g/mol. The van der Waals surface area contributed by atoms with Crippen LogP contribution >= 0.6 is 0 Å². The summed E-state index contributed by atoms with van der Waals surface area (Å²) in [6, 6.07) is 14.9. The Bertz CT molecular complexity index is 1050. The fourth-order valence-corrected chi connectivity index (χ4v) is 4.40. The number of carbonyl (C=O) groups is 3. The molecule has 142 valence electrons. The molecule has 0 bridgehead atoms. The van der Waals surface area contributed by atoms with Crippen molar-refractivity contribution in [3.8, 4) is 11.1 Å². The second-order valence-electron chi connectivity index (χ2n) is 6.67. The highest BCUT2D eigenvalue weighted by molar-refractivity contribution is 6.09.